The van der Waals surface area contributed by atoms with Gasteiger partial charge in [-0.05, 0) is 61.7 Å². The summed E-state index contributed by atoms with van der Waals surface area (Å²) in [6.45, 7) is 4.58. The normalized spacial score (nSPS) is 13.0. The lowest BCUT2D eigenvalue weighted by Crippen LogP contribution is -2.54. The number of rotatable bonds is 13. The quantitative estimate of drug-likeness (QED) is 0.157. The van der Waals surface area contributed by atoms with Crippen LogP contribution in [0.25, 0.3) is 0 Å². The van der Waals surface area contributed by atoms with Gasteiger partial charge in [0.05, 0.1) is 21.2 Å². The number of carbonyl (C=O) groups is 2. The Labute approximate surface area is 284 Å². The Morgan fingerprint density at radius 3 is 2.10 bits per heavy atom. The van der Waals surface area contributed by atoms with Crippen LogP contribution in [0.5, 0.6) is 0 Å². The molecular formula is C36H37ClF3N3O4S. The first-order valence-corrected chi connectivity index (χ1v) is 17.2. The zero-order valence-electron chi connectivity index (χ0n) is 26.7. The highest BCUT2D eigenvalue weighted by molar-refractivity contribution is 7.92. The third-order valence-corrected chi connectivity index (χ3v) is 9.95. The lowest BCUT2D eigenvalue weighted by Gasteiger charge is -2.34. The molecule has 0 aliphatic carbocycles. The molecule has 0 bridgehead atoms. The van der Waals surface area contributed by atoms with E-state index in [1.807, 2.05) is 51.1 Å². The minimum Gasteiger partial charge on any atom is -0.352 e. The van der Waals surface area contributed by atoms with Gasteiger partial charge in [-0.1, -0.05) is 96.9 Å². The molecule has 0 aromatic heterocycles. The smallest absolute Gasteiger partial charge is 0.352 e. The molecule has 4 aromatic rings. The SMILES string of the molecule is CC[C@@H](C)NC(=O)[C@@H](Cc1ccccc1)N(Cc1cccc(C)c1)C(=O)CN(c1cc(C(F)(F)F)ccc1Cl)S(=O)(=O)c1ccccc1. The molecule has 4 rings (SSSR count). The fourth-order valence-electron chi connectivity index (χ4n) is 5.12. The molecule has 0 heterocycles. The minimum absolute atomic E-state index is 0.0819. The molecule has 0 radical (unpaired) electrons. The Kier molecular flexibility index (Phi) is 11.9. The highest BCUT2D eigenvalue weighted by atomic mass is 35.5. The summed E-state index contributed by atoms with van der Waals surface area (Å²) >= 11 is 6.38. The number of anilines is 1. The summed E-state index contributed by atoms with van der Waals surface area (Å²) in [5.74, 6) is -1.27. The Morgan fingerprint density at radius 2 is 1.50 bits per heavy atom. The summed E-state index contributed by atoms with van der Waals surface area (Å²) in [6, 6.07) is 24.3. The van der Waals surface area contributed by atoms with Crippen molar-refractivity contribution in [3.63, 3.8) is 0 Å². The fraction of sp³-hybridized carbons (Fsp3) is 0.278. The van der Waals surface area contributed by atoms with Crippen molar-refractivity contribution >= 4 is 39.1 Å². The second kappa shape index (κ2) is 15.7. The second-order valence-electron chi connectivity index (χ2n) is 11.5. The van der Waals surface area contributed by atoms with Crippen molar-refractivity contribution in [3.05, 3.63) is 130 Å². The van der Waals surface area contributed by atoms with Gasteiger partial charge in [-0.3, -0.25) is 13.9 Å². The fourth-order valence-corrected chi connectivity index (χ4v) is 6.83. The number of hydrogen-bond donors (Lipinski definition) is 1. The zero-order valence-corrected chi connectivity index (χ0v) is 28.3. The first-order chi connectivity index (χ1) is 22.7. The number of benzene rings is 4. The van der Waals surface area contributed by atoms with E-state index in [4.69, 9.17) is 11.6 Å². The van der Waals surface area contributed by atoms with Crippen molar-refractivity contribution in [2.24, 2.45) is 0 Å². The molecule has 0 saturated heterocycles. The van der Waals surface area contributed by atoms with Gasteiger partial charge >= 0.3 is 6.18 Å². The lowest BCUT2D eigenvalue weighted by atomic mass is 10.0. The maximum Gasteiger partial charge on any atom is 0.416 e. The van der Waals surface area contributed by atoms with E-state index in [-0.39, 0.29) is 28.9 Å². The molecule has 4 aromatic carbocycles. The molecule has 2 amide bonds. The van der Waals surface area contributed by atoms with Crippen molar-refractivity contribution in [3.8, 4) is 0 Å². The molecule has 1 N–H and O–H groups in total. The van der Waals surface area contributed by atoms with E-state index in [9.17, 15) is 31.2 Å². The monoisotopic (exact) mass is 699 g/mol. The first kappa shape index (κ1) is 36.5. The standard InChI is InChI=1S/C36H37ClF3N3O4S/c1-4-26(3)41-35(45)33(21-27-13-7-5-8-14-27)42(23-28-15-11-12-25(2)20-28)34(44)24-43(48(46,47)30-16-9-6-10-17-30)32-22-29(36(38,39)40)18-19-31(32)37/h5-20,22,26,33H,4,21,23-24H2,1-3H3,(H,41,45)/t26-,33-/m1/s1. The van der Waals surface area contributed by atoms with Crippen LogP contribution in [-0.2, 0) is 38.8 Å². The molecule has 0 fully saturated rings. The summed E-state index contributed by atoms with van der Waals surface area (Å²) < 4.78 is 70.4. The van der Waals surface area contributed by atoms with Crippen molar-refractivity contribution < 1.29 is 31.2 Å². The van der Waals surface area contributed by atoms with E-state index in [0.29, 0.717) is 22.4 Å². The lowest BCUT2D eigenvalue weighted by molar-refractivity contribution is -0.140. The number of alkyl halides is 3. The Morgan fingerprint density at radius 1 is 0.875 bits per heavy atom. The molecule has 0 aliphatic rings. The van der Waals surface area contributed by atoms with Crippen LogP contribution in [0.1, 0.15) is 42.5 Å². The second-order valence-corrected chi connectivity index (χ2v) is 13.8. The number of carbonyl (C=O) groups excluding carboxylic acids is 2. The van der Waals surface area contributed by atoms with Gasteiger partial charge in [0.15, 0.2) is 0 Å². The molecule has 254 valence electrons. The molecule has 2 atom stereocenters. The third kappa shape index (κ3) is 9.17. The number of hydrogen-bond acceptors (Lipinski definition) is 4. The maximum absolute atomic E-state index is 14.6. The van der Waals surface area contributed by atoms with E-state index in [1.165, 1.54) is 29.2 Å². The molecule has 0 aliphatic heterocycles. The van der Waals surface area contributed by atoms with Crippen LogP contribution in [0, 0.1) is 6.92 Å². The van der Waals surface area contributed by atoms with E-state index in [0.717, 1.165) is 23.3 Å². The number of aryl methyl sites for hydroxylation is 1. The van der Waals surface area contributed by atoms with Gasteiger partial charge in [-0.2, -0.15) is 13.2 Å². The van der Waals surface area contributed by atoms with E-state index >= 15 is 0 Å². The molecule has 0 unspecified atom stereocenters. The Bertz CT molecular complexity index is 1820. The average molecular weight is 700 g/mol. The summed E-state index contributed by atoms with van der Waals surface area (Å²) in [5, 5.41) is 2.64. The topological polar surface area (TPSA) is 86.8 Å². The van der Waals surface area contributed by atoms with Gasteiger partial charge in [-0.15, -0.1) is 0 Å². The Hall–Kier alpha value is -4.35. The minimum atomic E-state index is -4.82. The number of halogens is 4. The van der Waals surface area contributed by atoms with Crippen LogP contribution in [0.15, 0.2) is 108 Å². The predicted octanol–water partition coefficient (Wildman–Crippen LogP) is 7.42. The van der Waals surface area contributed by atoms with Crippen molar-refractivity contribution in [1.29, 1.82) is 0 Å². The molecule has 48 heavy (non-hydrogen) atoms. The number of nitrogens with zero attached hydrogens (tertiary/aromatic N) is 2. The number of nitrogens with one attached hydrogen (secondary N) is 1. The van der Waals surface area contributed by atoms with Gasteiger partial charge in [0, 0.05) is 19.0 Å². The first-order valence-electron chi connectivity index (χ1n) is 15.3. The number of sulfonamides is 1. The van der Waals surface area contributed by atoms with Crippen LogP contribution in [-0.4, -0.2) is 43.8 Å². The van der Waals surface area contributed by atoms with Crippen molar-refractivity contribution in [1.82, 2.24) is 10.2 Å². The van der Waals surface area contributed by atoms with Gasteiger partial charge in [0.2, 0.25) is 11.8 Å². The van der Waals surface area contributed by atoms with Crippen LogP contribution in [0.2, 0.25) is 5.02 Å². The van der Waals surface area contributed by atoms with E-state index < -0.39 is 51.9 Å². The van der Waals surface area contributed by atoms with Crippen LogP contribution in [0.3, 0.4) is 0 Å². The predicted molar refractivity (Wildman–Crippen MR) is 181 cm³/mol. The molecule has 0 spiro atoms. The van der Waals surface area contributed by atoms with Crippen LogP contribution >= 0.6 is 11.6 Å². The molecular weight excluding hydrogens is 663 g/mol. The summed E-state index contributed by atoms with van der Waals surface area (Å²) in [5.41, 5.74) is 0.649. The summed E-state index contributed by atoms with van der Waals surface area (Å²) in [6.07, 6.45) is -4.11. The van der Waals surface area contributed by atoms with Crippen molar-refractivity contribution in [2.75, 3.05) is 10.8 Å². The van der Waals surface area contributed by atoms with E-state index in [1.54, 1.807) is 30.3 Å². The van der Waals surface area contributed by atoms with Gasteiger partial charge in [0.1, 0.15) is 12.6 Å². The van der Waals surface area contributed by atoms with Gasteiger partial charge in [-0.25, -0.2) is 8.42 Å². The number of amides is 2. The largest absolute Gasteiger partial charge is 0.416 e. The maximum atomic E-state index is 14.6. The average Bonchev–Trinajstić information content (AvgIpc) is 3.05. The summed E-state index contributed by atoms with van der Waals surface area (Å²) in [4.78, 5) is 29.5. The highest BCUT2D eigenvalue weighted by Gasteiger charge is 2.37. The highest BCUT2D eigenvalue weighted by Crippen LogP contribution is 2.37. The Balaban J connectivity index is 1.87. The van der Waals surface area contributed by atoms with Crippen molar-refractivity contribution in [2.45, 2.75) is 63.3 Å². The van der Waals surface area contributed by atoms with Crippen LogP contribution in [0.4, 0.5) is 18.9 Å². The van der Waals surface area contributed by atoms with Crippen LogP contribution < -0.4 is 9.62 Å². The molecule has 7 nitrogen and oxygen atoms in total. The third-order valence-electron chi connectivity index (χ3n) is 7.86. The van der Waals surface area contributed by atoms with Gasteiger partial charge in [0.25, 0.3) is 10.0 Å². The molecule has 0 saturated carbocycles. The van der Waals surface area contributed by atoms with E-state index in [2.05, 4.69) is 5.32 Å². The molecule has 12 heteroatoms. The summed E-state index contributed by atoms with van der Waals surface area (Å²) in [7, 11) is -4.64. The zero-order chi connectivity index (χ0) is 35.1. The van der Waals surface area contributed by atoms with Gasteiger partial charge < -0.3 is 10.2 Å².